The van der Waals surface area contributed by atoms with Crippen molar-refractivity contribution >= 4 is 55.8 Å². The number of thiazole rings is 1. The van der Waals surface area contributed by atoms with Gasteiger partial charge in [0.05, 0.1) is 61.4 Å². The van der Waals surface area contributed by atoms with Crippen molar-refractivity contribution < 1.29 is 56.0 Å². The molecule has 21 nitrogen and oxygen atoms in total. The predicted octanol–water partition coefficient (Wildman–Crippen LogP) is 6.20. The van der Waals surface area contributed by atoms with Gasteiger partial charge in [0.25, 0.3) is 10.0 Å². The summed E-state index contributed by atoms with van der Waals surface area (Å²) in [6, 6.07) is 16.4. The molecule has 2 fully saturated rings. The number of H-pyrrole nitrogens is 1. The molecule has 0 bridgehead atoms. The van der Waals surface area contributed by atoms with Gasteiger partial charge >= 0.3 is 0 Å². The quantitative estimate of drug-likeness (QED) is 0.0343. The summed E-state index contributed by atoms with van der Waals surface area (Å²) in [4.78, 5) is 58.4. The molecule has 5 heterocycles. The Morgan fingerprint density at radius 2 is 1.64 bits per heavy atom. The molecule has 2 aliphatic rings. The van der Waals surface area contributed by atoms with Gasteiger partial charge in [-0.3, -0.25) is 29.1 Å². The van der Waals surface area contributed by atoms with Crippen LogP contribution < -0.4 is 20.1 Å². The number of aryl methyl sites for hydroxylation is 2. The van der Waals surface area contributed by atoms with Crippen molar-refractivity contribution in [3.8, 4) is 27.7 Å². The second kappa shape index (κ2) is 28.5. The number of carbonyl (C=O) groups excluding carboxylic acids is 3. The highest BCUT2D eigenvalue weighted by Gasteiger charge is 2.44. The molecule has 436 valence electrons. The molecule has 0 saturated carbocycles. The van der Waals surface area contributed by atoms with Crippen LogP contribution in [0.5, 0.6) is 5.88 Å². The number of sulfonamides is 1. The van der Waals surface area contributed by atoms with E-state index in [1.807, 2.05) is 57.5 Å². The molecule has 4 unspecified atom stereocenters. The van der Waals surface area contributed by atoms with E-state index in [-0.39, 0.29) is 63.6 Å². The number of hydrogen-bond donors (Lipinski definition) is 5. The normalized spacial score (nSPS) is 17.3. The van der Waals surface area contributed by atoms with Gasteiger partial charge < -0.3 is 44.3 Å². The maximum Gasteiger partial charge on any atom is 0.264 e. The van der Waals surface area contributed by atoms with Crippen LogP contribution in [-0.4, -0.2) is 170 Å². The Labute approximate surface area is 475 Å². The summed E-state index contributed by atoms with van der Waals surface area (Å²) in [6.07, 6.45) is 4.68. The van der Waals surface area contributed by atoms with Crippen molar-refractivity contribution in [1.82, 2.24) is 45.6 Å². The summed E-state index contributed by atoms with van der Waals surface area (Å²) >= 11 is 1.57. The molecule has 81 heavy (non-hydrogen) atoms. The highest BCUT2D eigenvalue weighted by molar-refractivity contribution is 7.92. The lowest BCUT2D eigenvalue weighted by atomic mass is 9.85. The number of anilines is 1. The van der Waals surface area contributed by atoms with Crippen LogP contribution in [0.1, 0.15) is 69.7 Å². The van der Waals surface area contributed by atoms with Gasteiger partial charge in [-0.2, -0.15) is 10.1 Å². The van der Waals surface area contributed by atoms with Crippen LogP contribution in [0.2, 0.25) is 0 Å². The number of aromatic nitrogens is 5. The average molecular weight is 1160 g/mol. The van der Waals surface area contributed by atoms with Crippen LogP contribution >= 0.6 is 11.3 Å². The monoisotopic (exact) mass is 1160 g/mol. The Bertz CT molecular complexity index is 3160. The highest BCUT2D eigenvalue weighted by atomic mass is 32.2. The summed E-state index contributed by atoms with van der Waals surface area (Å²) in [5, 5.41) is 23.9. The van der Waals surface area contributed by atoms with Crippen molar-refractivity contribution in [3.05, 3.63) is 101 Å². The molecule has 2 saturated heterocycles. The van der Waals surface area contributed by atoms with E-state index in [4.69, 9.17) is 23.7 Å². The van der Waals surface area contributed by atoms with E-state index in [1.54, 1.807) is 48.7 Å². The lowest BCUT2D eigenvalue weighted by Crippen LogP contribution is -2.58. The minimum atomic E-state index is -4.16. The minimum Gasteiger partial charge on any atom is -0.474 e. The minimum absolute atomic E-state index is 0.0206. The third kappa shape index (κ3) is 17.0. The molecule has 6 aromatic rings. The van der Waals surface area contributed by atoms with Gasteiger partial charge in [-0.1, -0.05) is 63.9 Å². The van der Waals surface area contributed by atoms with E-state index >= 15 is 0 Å². The number of β-amino-alcohol motifs (C(OH)–C–C–N with tert-alkyl or cyclic N) is 1. The number of fused-ring (bicyclic) bond motifs is 1. The number of halogens is 1. The molecular formula is C57H73FN10O11S2. The maximum atomic E-state index is 14.4. The molecule has 3 amide bonds. The van der Waals surface area contributed by atoms with E-state index in [2.05, 4.69) is 45.4 Å². The molecule has 8 rings (SSSR count). The number of aliphatic hydroxyl groups is 1. The second-order valence-corrected chi connectivity index (χ2v) is 23.8. The van der Waals surface area contributed by atoms with E-state index in [9.17, 15) is 32.3 Å². The Morgan fingerprint density at radius 3 is 2.38 bits per heavy atom. The highest BCUT2D eigenvalue weighted by Crippen LogP contribution is 2.30. The number of rotatable bonds is 28. The van der Waals surface area contributed by atoms with Crippen molar-refractivity contribution in [2.45, 2.75) is 102 Å². The Morgan fingerprint density at radius 1 is 0.914 bits per heavy atom. The fraction of sp³-hybridized carbons (Fsp3) is 0.491. The first-order valence-electron chi connectivity index (χ1n) is 27.3. The molecule has 5 N–H and O–H groups in total. The molecule has 2 aliphatic heterocycles. The number of likely N-dealkylation sites (tertiary alicyclic amines) is 1. The SMILES string of the molecule is Cc1ccc(F)c(S(=O)(=O)Nc2ccc(-c3nc(OCC4CN(CCCCCCOCCOCCOCC(=O)NC(C(=O)N5CC(O)CC5C(=O)NCc5ccc(-c6scnc6C)cc5)C(C)(C)C)CCO4)c4cn[nH]c4n3)cc2)c1. The summed E-state index contributed by atoms with van der Waals surface area (Å²) in [5.41, 5.74) is 5.94. The number of morpholine rings is 1. The number of benzene rings is 3. The number of nitrogens with zero attached hydrogens (tertiary/aromatic N) is 6. The van der Waals surface area contributed by atoms with Crippen LogP contribution in [0.3, 0.4) is 0 Å². The Kier molecular flexibility index (Phi) is 21.3. The fourth-order valence-corrected chi connectivity index (χ4v) is 11.5. The lowest BCUT2D eigenvalue weighted by Gasteiger charge is -2.35. The zero-order valence-corrected chi connectivity index (χ0v) is 48.1. The zero-order chi connectivity index (χ0) is 57.5. The first-order valence-corrected chi connectivity index (χ1v) is 29.6. The zero-order valence-electron chi connectivity index (χ0n) is 46.5. The van der Waals surface area contributed by atoms with E-state index in [1.165, 1.54) is 17.0 Å². The molecule has 0 spiro atoms. The number of aromatic amines is 1. The molecule has 4 atom stereocenters. The van der Waals surface area contributed by atoms with Crippen molar-refractivity contribution in [1.29, 1.82) is 0 Å². The Hall–Kier alpha value is -6.51. The van der Waals surface area contributed by atoms with Crippen LogP contribution in [0.4, 0.5) is 10.1 Å². The van der Waals surface area contributed by atoms with Gasteiger partial charge in [0.2, 0.25) is 23.6 Å². The topological polar surface area (TPSA) is 262 Å². The largest absolute Gasteiger partial charge is 0.474 e. The summed E-state index contributed by atoms with van der Waals surface area (Å²) < 4.78 is 72.0. The van der Waals surface area contributed by atoms with E-state index in [0.717, 1.165) is 66.5 Å². The third-order valence-corrected chi connectivity index (χ3v) is 16.3. The van der Waals surface area contributed by atoms with Gasteiger partial charge in [0, 0.05) is 50.5 Å². The number of ether oxygens (including phenoxy) is 5. The lowest BCUT2D eigenvalue weighted by molar-refractivity contribution is -0.144. The van der Waals surface area contributed by atoms with Gasteiger partial charge in [-0.15, -0.1) is 11.3 Å². The molecule has 3 aromatic heterocycles. The van der Waals surface area contributed by atoms with E-state index < -0.39 is 56.2 Å². The van der Waals surface area contributed by atoms with Crippen LogP contribution in [0.15, 0.2) is 83.3 Å². The molecular weight excluding hydrogens is 1080 g/mol. The van der Waals surface area contributed by atoms with Crippen molar-refractivity contribution in [2.75, 3.05) is 83.8 Å². The number of hydrogen-bond acceptors (Lipinski definition) is 17. The number of amides is 3. The summed E-state index contributed by atoms with van der Waals surface area (Å²) in [5.74, 6) is -1.46. The van der Waals surface area contributed by atoms with Crippen LogP contribution in [0, 0.1) is 25.1 Å². The number of aliphatic hydroxyl groups excluding tert-OH is 1. The number of unbranched alkanes of at least 4 members (excludes halogenated alkanes) is 3. The number of carbonyl (C=O) groups is 3. The van der Waals surface area contributed by atoms with Crippen LogP contribution in [-0.2, 0) is 49.9 Å². The standard InChI is InChI=1S/C57H73FN10O11S2/c1-37-10-19-46(58)48(28-37)81(73,74)66-42-17-15-41(16-18-42)52-63-53-45(31-61-65-53)55(64-52)79-34-44-33-67(21-23-78-44)20-8-6-7-9-22-75-24-25-76-26-27-77-35-49(70)62-51(57(3,4)5)56(72)68-32-43(69)29-47(68)54(71)59-30-39-11-13-40(14-12-39)50-38(2)60-36-80-50/h10-19,28,31,36,43-44,47,51,66,69H,6-9,20-27,29-30,32-35H2,1-5H3,(H,59,71)(H,62,70)(H,61,63,64,65). The molecule has 0 aliphatic carbocycles. The average Bonchev–Trinajstić information content (AvgIpc) is 4.35. The summed E-state index contributed by atoms with van der Waals surface area (Å²) in [6.45, 7) is 14.3. The van der Waals surface area contributed by atoms with Gasteiger partial charge in [-0.25, -0.2) is 22.8 Å². The molecule has 24 heteroatoms. The molecule has 0 radical (unpaired) electrons. The third-order valence-electron chi connectivity index (χ3n) is 13.9. The van der Waals surface area contributed by atoms with Crippen molar-refractivity contribution in [3.63, 3.8) is 0 Å². The smallest absolute Gasteiger partial charge is 0.264 e. The predicted molar refractivity (Wildman–Crippen MR) is 303 cm³/mol. The first-order chi connectivity index (χ1) is 38.9. The Balaban J connectivity index is 0.660. The molecule has 3 aromatic carbocycles. The van der Waals surface area contributed by atoms with Gasteiger partial charge in [0.15, 0.2) is 11.5 Å². The fourth-order valence-electron chi connectivity index (χ4n) is 9.50. The first kappa shape index (κ1) is 60.6. The van der Waals surface area contributed by atoms with Gasteiger partial charge in [-0.05, 0) is 91.7 Å². The van der Waals surface area contributed by atoms with E-state index in [0.29, 0.717) is 66.8 Å². The van der Waals surface area contributed by atoms with Crippen molar-refractivity contribution in [2.24, 2.45) is 5.41 Å². The number of nitrogens with one attached hydrogen (secondary N) is 4. The summed E-state index contributed by atoms with van der Waals surface area (Å²) in [7, 11) is -4.16. The second-order valence-electron chi connectivity index (χ2n) is 21.3. The van der Waals surface area contributed by atoms with Gasteiger partial charge in [0.1, 0.15) is 47.5 Å². The maximum absolute atomic E-state index is 14.4. The van der Waals surface area contributed by atoms with Crippen LogP contribution in [0.25, 0.3) is 32.9 Å².